The highest BCUT2D eigenvalue weighted by atomic mass is 15.1. The van der Waals surface area contributed by atoms with Crippen molar-refractivity contribution in [1.82, 2.24) is 14.0 Å². The number of nitrogens with zero attached hydrogens (tertiary/aromatic N) is 3. The van der Waals surface area contributed by atoms with E-state index in [4.69, 9.17) is 0 Å². The summed E-state index contributed by atoms with van der Waals surface area (Å²) in [7, 11) is 0. The summed E-state index contributed by atoms with van der Waals surface area (Å²) >= 11 is 0. The Morgan fingerprint density at radius 2 is 0.949 bits per heavy atom. The van der Waals surface area contributed by atoms with Gasteiger partial charge in [0.25, 0.3) is 0 Å². The molecule has 0 amide bonds. The van der Waals surface area contributed by atoms with E-state index in [2.05, 4.69) is 129 Å². The summed E-state index contributed by atoms with van der Waals surface area (Å²) < 4.78 is 5.07. The molecule has 7 aromatic rings. The van der Waals surface area contributed by atoms with E-state index in [9.17, 15) is 0 Å². The maximum Gasteiger partial charge on any atom is 0.0491 e. The van der Waals surface area contributed by atoms with Crippen molar-refractivity contribution in [2.75, 3.05) is 0 Å². The maximum atomic E-state index is 2.59. The molecule has 4 aliphatic heterocycles. The van der Waals surface area contributed by atoms with Gasteiger partial charge in [-0.05, 0) is 59.5 Å². The zero-order valence-corrected chi connectivity index (χ0v) is 22.1. The average molecular weight is 506 g/mol. The van der Waals surface area contributed by atoms with Gasteiger partial charge in [-0.2, -0.15) is 0 Å². The van der Waals surface area contributed by atoms with Crippen molar-refractivity contribution in [3.05, 3.63) is 132 Å². The molecule has 190 valence electrons. The topological polar surface area (TPSA) is 13.1 Å². The second-order valence-electron chi connectivity index (χ2n) is 11.0. The molecule has 0 saturated carbocycles. The molecule has 6 heterocycles. The monoisotopic (exact) mass is 505 g/mol. The summed E-state index contributed by atoms with van der Waals surface area (Å²) in [5, 5.41) is 5.45. The van der Waals surface area contributed by atoms with Gasteiger partial charge in [0, 0.05) is 76.3 Å². The molecule has 5 aromatic carbocycles. The highest BCUT2D eigenvalue weighted by Crippen LogP contribution is 2.33. The van der Waals surface area contributed by atoms with Crippen molar-refractivity contribution >= 4 is 43.6 Å². The number of para-hydroxylation sites is 2. The quantitative estimate of drug-likeness (QED) is 0.230. The first-order valence-electron chi connectivity index (χ1n) is 14.1. The first-order chi connectivity index (χ1) is 19.3. The second kappa shape index (κ2) is 9.14. The van der Waals surface area contributed by atoms with E-state index < -0.39 is 0 Å². The number of benzene rings is 5. The summed E-state index contributed by atoms with van der Waals surface area (Å²) in [5.41, 5.74) is 9.43. The van der Waals surface area contributed by atoms with Crippen molar-refractivity contribution in [3.8, 4) is 0 Å². The van der Waals surface area contributed by atoms with Crippen LogP contribution in [0.4, 0.5) is 0 Å². The molecule has 0 fully saturated rings. The van der Waals surface area contributed by atoms with Crippen LogP contribution in [0.3, 0.4) is 0 Å². The van der Waals surface area contributed by atoms with Gasteiger partial charge in [-0.15, -0.1) is 0 Å². The number of hydrogen-bond donors (Lipinski definition) is 0. The molecule has 0 atom stereocenters. The van der Waals surface area contributed by atoms with Crippen molar-refractivity contribution in [3.63, 3.8) is 0 Å². The van der Waals surface area contributed by atoms with Crippen LogP contribution in [0.25, 0.3) is 43.6 Å². The fourth-order valence-electron chi connectivity index (χ4n) is 6.79. The molecule has 0 saturated heterocycles. The number of rotatable bonds is 2. The lowest BCUT2D eigenvalue weighted by Crippen LogP contribution is -2.22. The summed E-state index contributed by atoms with van der Waals surface area (Å²) in [5.74, 6) is 0. The molecular weight excluding hydrogens is 474 g/mol. The van der Waals surface area contributed by atoms with Gasteiger partial charge < -0.3 is 9.13 Å². The highest BCUT2D eigenvalue weighted by molar-refractivity contribution is 6.09. The number of aromatic nitrogens is 2. The smallest absolute Gasteiger partial charge is 0.0491 e. The Morgan fingerprint density at radius 3 is 1.51 bits per heavy atom. The highest BCUT2D eigenvalue weighted by Gasteiger charge is 2.16. The molecule has 2 aromatic heterocycles. The van der Waals surface area contributed by atoms with Gasteiger partial charge in [-0.3, -0.25) is 4.90 Å². The van der Waals surface area contributed by atoms with Crippen molar-refractivity contribution < 1.29 is 0 Å². The first kappa shape index (κ1) is 22.6. The number of hydrogen-bond acceptors (Lipinski definition) is 1. The lowest BCUT2D eigenvalue weighted by molar-refractivity contribution is 0.248. The largest absolute Gasteiger partial charge is 0.340 e. The van der Waals surface area contributed by atoms with Crippen LogP contribution in [0.15, 0.2) is 115 Å². The molecule has 3 nitrogen and oxygen atoms in total. The van der Waals surface area contributed by atoms with Gasteiger partial charge in [0.2, 0.25) is 0 Å². The average Bonchev–Trinajstić information content (AvgIpc) is 3.45. The van der Waals surface area contributed by atoms with E-state index in [0.29, 0.717) is 0 Å². The predicted octanol–water partition coefficient (Wildman–Crippen LogP) is 8.51. The molecule has 39 heavy (non-hydrogen) atoms. The normalized spacial score (nSPS) is 14.7. The standard InChI is InChI=1S/C36H31N3/c1-2-9-26(10-3-1)23-37-24-27-15-17-35-31(21-27)29-11-4-6-13-33(29)38(35)19-8-20-39-34-14-7-5-12-30(34)32-22-28(25-37)16-18-36(32)39/h1-7,9-18,21-22H,8,19-20,23-25H2. The van der Waals surface area contributed by atoms with E-state index in [1.165, 1.54) is 60.3 Å². The summed E-state index contributed by atoms with van der Waals surface area (Å²) in [6.45, 7) is 4.72. The third-order valence-corrected chi connectivity index (χ3v) is 8.50. The van der Waals surface area contributed by atoms with Crippen molar-refractivity contribution in [2.24, 2.45) is 0 Å². The van der Waals surface area contributed by atoms with Crippen molar-refractivity contribution in [2.45, 2.75) is 39.1 Å². The van der Waals surface area contributed by atoms with E-state index in [-0.39, 0.29) is 0 Å². The summed E-state index contributed by atoms with van der Waals surface area (Å²) in [6.07, 6.45) is 1.08. The number of aryl methyl sites for hydroxylation is 2. The van der Waals surface area contributed by atoms with Crippen LogP contribution in [0, 0.1) is 0 Å². The molecule has 0 aliphatic carbocycles. The Hall–Kier alpha value is -4.34. The van der Waals surface area contributed by atoms with Gasteiger partial charge in [0.15, 0.2) is 0 Å². The Kier molecular flexibility index (Phi) is 5.31. The van der Waals surface area contributed by atoms with Crippen molar-refractivity contribution in [1.29, 1.82) is 0 Å². The minimum Gasteiger partial charge on any atom is -0.340 e. The van der Waals surface area contributed by atoms with Gasteiger partial charge in [-0.1, -0.05) is 78.9 Å². The van der Waals surface area contributed by atoms with E-state index in [0.717, 1.165) is 39.1 Å². The van der Waals surface area contributed by atoms with Gasteiger partial charge >= 0.3 is 0 Å². The molecule has 0 spiro atoms. The van der Waals surface area contributed by atoms with Crippen LogP contribution in [0.1, 0.15) is 23.1 Å². The summed E-state index contributed by atoms with van der Waals surface area (Å²) in [6, 6.07) is 43.0. The number of fused-ring (bicyclic) bond motifs is 2. The van der Waals surface area contributed by atoms with Crippen LogP contribution < -0.4 is 0 Å². The Labute approximate surface area is 228 Å². The lowest BCUT2D eigenvalue weighted by Gasteiger charge is -2.23. The molecule has 0 unspecified atom stereocenters. The second-order valence-corrected chi connectivity index (χ2v) is 11.0. The van der Waals surface area contributed by atoms with Crippen LogP contribution in [0.2, 0.25) is 0 Å². The third kappa shape index (κ3) is 3.85. The van der Waals surface area contributed by atoms with Crippen LogP contribution in [-0.2, 0) is 32.7 Å². The predicted molar refractivity (Wildman–Crippen MR) is 163 cm³/mol. The van der Waals surface area contributed by atoms with Gasteiger partial charge in [0.05, 0.1) is 0 Å². The minimum atomic E-state index is 0.907. The first-order valence-corrected chi connectivity index (χ1v) is 14.1. The lowest BCUT2D eigenvalue weighted by atomic mass is 10.1. The Balaban J connectivity index is 1.32. The maximum absolute atomic E-state index is 2.59. The SMILES string of the molecule is c1ccc(CN2Cc3ccc4c(c3)c3ccccc3n4CCCn3c4ccccc4c4cc(ccc43)C2)cc1. The van der Waals surface area contributed by atoms with E-state index in [1.807, 2.05) is 0 Å². The molecule has 0 radical (unpaired) electrons. The summed E-state index contributed by atoms with van der Waals surface area (Å²) in [4.78, 5) is 2.59. The fraction of sp³-hybridized carbons (Fsp3) is 0.167. The van der Waals surface area contributed by atoms with Crippen LogP contribution in [0.5, 0.6) is 0 Å². The van der Waals surface area contributed by atoms with Gasteiger partial charge in [0.1, 0.15) is 0 Å². The Bertz CT molecular complexity index is 1850. The van der Waals surface area contributed by atoms with Crippen LogP contribution >= 0.6 is 0 Å². The third-order valence-electron chi connectivity index (χ3n) is 8.50. The minimum absolute atomic E-state index is 0.907. The zero-order chi connectivity index (χ0) is 25.8. The fourth-order valence-corrected chi connectivity index (χ4v) is 6.79. The van der Waals surface area contributed by atoms with E-state index >= 15 is 0 Å². The molecular formula is C36H31N3. The van der Waals surface area contributed by atoms with Gasteiger partial charge in [-0.25, -0.2) is 0 Å². The Morgan fingerprint density at radius 1 is 0.462 bits per heavy atom. The van der Waals surface area contributed by atoms with Crippen LogP contribution in [-0.4, -0.2) is 14.0 Å². The molecule has 4 aliphatic rings. The molecule has 8 bridgehead atoms. The molecule has 3 heteroatoms. The zero-order valence-electron chi connectivity index (χ0n) is 22.1. The molecule has 11 rings (SSSR count). The molecule has 0 N–H and O–H groups in total. The van der Waals surface area contributed by atoms with E-state index in [1.54, 1.807) is 0 Å².